The second-order valence-electron chi connectivity index (χ2n) is 6.14. The number of aromatic nitrogens is 2. The Balaban J connectivity index is 1.90. The second kappa shape index (κ2) is 6.81. The molecule has 0 aliphatic rings. The average Bonchev–Trinajstić information content (AvgIpc) is 2.60. The SMILES string of the molecule is Cc1ccc(C(C)Oc2cc(-c3ccn(C)c(=O)c3)cnc2N)cc1. The van der Waals surface area contributed by atoms with Crippen molar-refractivity contribution in [1.82, 2.24) is 9.55 Å². The molecule has 0 bridgehead atoms. The number of anilines is 1. The predicted molar refractivity (Wildman–Crippen MR) is 99.5 cm³/mol. The van der Waals surface area contributed by atoms with Gasteiger partial charge in [-0.05, 0) is 37.1 Å². The van der Waals surface area contributed by atoms with E-state index in [4.69, 9.17) is 10.5 Å². The highest BCUT2D eigenvalue weighted by Gasteiger charge is 2.12. The highest BCUT2D eigenvalue weighted by molar-refractivity contribution is 5.66. The van der Waals surface area contributed by atoms with E-state index in [1.54, 1.807) is 25.5 Å². The molecule has 2 N–H and O–H groups in total. The van der Waals surface area contributed by atoms with Gasteiger partial charge in [0.1, 0.15) is 6.10 Å². The number of hydrogen-bond acceptors (Lipinski definition) is 4. The monoisotopic (exact) mass is 335 g/mol. The minimum Gasteiger partial charge on any atom is -0.482 e. The Bertz CT molecular complexity index is 946. The van der Waals surface area contributed by atoms with Crippen LogP contribution in [0.3, 0.4) is 0 Å². The molecule has 0 saturated heterocycles. The first-order valence-electron chi connectivity index (χ1n) is 8.10. The molecule has 25 heavy (non-hydrogen) atoms. The predicted octanol–water partition coefficient (Wildman–Crippen LogP) is 3.48. The van der Waals surface area contributed by atoms with Crippen LogP contribution in [-0.2, 0) is 7.05 Å². The molecular formula is C20H21N3O2. The highest BCUT2D eigenvalue weighted by Crippen LogP contribution is 2.30. The number of hydrogen-bond donors (Lipinski definition) is 1. The van der Waals surface area contributed by atoms with E-state index < -0.39 is 0 Å². The van der Waals surface area contributed by atoms with Crippen molar-refractivity contribution in [1.29, 1.82) is 0 Å². The van der Waals surface area contributed by atoms with Crippen molar-refractivity contribution in [3.63, 3.8) is 0 Å². The molecule has 0 fully saturated rings. The molecule has 2 heterocycles. The molecule has 0 aliphatic heterocycles. The minimum absolute atomic E-state index is 0.0789. The number of nitrogen functional groups attached to an aromatic ring is 1. The first-order chi connectivity index (χ1) is 11.9. The van der Waals surface area contributed by atoms with E-state index in [1.807, 2.05) is 50.2 Å². The summed E-state index contributed by atoms with van der Waals surface area (Å²) >= 11 is 0. The van der Waals surface area contributed by atoms with Crippen LogP contribution in [0.15, 0.2) is 59.7 Å². The van der Waals surface area contributed by atoms with Gasteiger partial charge in [0.05, 0.1) is 0 Å². The number of ether oxygens (including phenoxy) is 1. The van der Waals surface area contributed by atoms with Gasteiger partial charge in [0.15, 0.2) is 11.6 Å². The Morgan fingerprint density at radius 3 is 2.52 bits per heavy atom. The molecule has 0 radical (unpaired) electrons. The van der Waals surface area contributed by atoms with Gasteiger partial charge in [-0.1, -0.05) is 29.8 Å². The first-order valence-corrected chi connectivity index (χ1v) is 8.10. The van der Waals surface area contributed by atoms with Gasteiger partial charge in [-0.2, -0.15) is 0 Å². The van der Waals surface area contributed by atoms with Crippen molar-refractivity contribution >= 4 is 5.82 Å². The Hall–Kier alpha value is -3.08. The van der Waals surface area contributed by atoms with Gasteiger partial charge in [0, 0.05) is 31.1 Å². The maximum atomic E-state index is 11.8. The zero-order valence-corrected chi connectivity index (χ0v) is 14.6. The van der Waals surface area contributed by atoms with E-state index in [2.05, 4.69) is 4.98 Å². The fraction of sp³-hybridized carbons (Fsp3) is 0.200. The van der Waals surface area contributed by atoms with E-state index in [0.717, 1.165) is 16.7 Å². The normalized spacial score (nSPS) is 12.0. The Labute approximate surface area is 146 Å². The third-order valence-electron chi connectivity index (χ3n) is 4.17. The lowest BCUT2D eigenvalue weighted by molar-refractivity contribution is 0.227. The number of rotatable bonds is 4. The number of aryl methyl sites for hydroxylation is 2. The van der Waals surface area contributed by atoms with Crippen LogP contribution in [0.5, 0.6) is 5.75 Å². The number of nitrogens with two attached hydrogens (primary N) is 1. The Morgan fingerprint density at radius 2 is 1.84 bits per heavy atom. The van der Waals surface area contributed by atoms with E-state index in [-0.39, 0.29) is 11.7 Å². The van der Waals surface area contributed by atoms with Crippen LogP contribution >= 0.6 is 0 Å². The maximum Gasteiger partial charge on any atom is 0.250 e. The molecule has 3 aromatic rings. The summed E-state index contributed by atoms with van der Waals surface area (Å²) in [4.78, 5) is 16.1. The molecule has 1 aromatic carbocycles. The van der Waals surface area contributed by atoms with Crippen molar-refractivity contribution in [3.05, 3.63) is 76.3 Å². The van der Waals surface area contributed by atoms with Gasteiger partial charge in [0.25, 0.3) is 5.56 Å². The third kappa shape index (κ3) is 3.71. The molecule has 5 nitrogen and oxygen atoms in total. The van der Waals surface area contributed by atoms with Gasteiger partial charge >= 0.3 is 0 Å². The number of pyridine rings is 2. The topological polar surface area (TPSA) is 70.1 Å². The van der Waals surface area contributed by atoms with E-state index in [1.165, 1.54) is 10.1 Å². The quantitative estimate of drug-likeness (QED) is 0.792. The summed E-state index contributed by atoms with van der Waals surface area (Å²) in [5.74, 6) is 0.831. The molecular weight excluding hydrogens is 314 g/mol. The first kappa shape index (κ1) is 16.8. The molecule has 2 aromatic heterocycles. The van der Waals surface area contributed by atoms with Gasteiger partial charge in [-0.3, -0.25) is 4.79 Å². The molecule has 1 unspecified atom stereocenters. The van der Waals surface area contributed by atoms with Crippen LogP contribution in [0.1, 0.15) is 24.2 Å². The van der Waals surface area contributed by atoms with Gasteiger partial charge in [0.2, 0.25) is 0 Å². The van der Waals surface area contributed by atoms with Crippen molar-refractivity contribution in [2.24, 2.45) is 7.05 Å². The summed E-state index contributed by atoms with van der Waals surface area (Å²) in [5, 5.41) is 0. The molecule has 0 spiro atoms. The van der Waals surface area contributed by atoms with Gasteiger partial charge in [-0.25, -0.2) is 4.98 Å². The Kier molecular flexibility index (Phi) is 4.57. The van der Waals surface area contributed by atoms with E-state index in [0.29, 0.717) is 11.6 Å². The van der Waals surface area contributed by atoms with Crippen LogP contribution in [-0.4, -0.2) is 9.55 Å². The van der Waals surface area contributed by atoms with Crippen LogP contribution in [0, 0.1) is 6.92 Å². The van der Waals surface area contributed by atoms with Crippen LogP contribution in [0.2, 0.25) is 0 Å². The van der Waals surface area contributed by atoms with Crippen molar-refractivity contribution in [2.45, 2.75) is 20.0 Å². The zero-order chi connectivity index (χ0) is 18.0. The summed E-state index contributed by atoms with van der Waals surface area (Å²) in [7, 11) is 1.71. The molecule has 0 saturated carbocycles. The number of benzene rings is 1. The summed E-state index contributed by atoms with van der Waals surface area (Å²) in [6.45, 7) is 4.01. The fourth-order valence-electron chi connectivity index (χ4n) is 2.53. The lowest BCUT2D eigenvalue weighted by atomic mass is 10.1. The highest BCUT2D eigenvalue weighted by atomic mass is 16.5. The third-order valence-corrected chi connectivity index (χ3v) is 4.17. The standard InChI is InChI=1S/C20H21N3O2/c1-13-4-6-15(7-5-13)14(2)25-18-10-17(12-22-20(18)21)16-8-9-23(3)19(24)11-16/h4-12,14H,1-3H3,(H2,21,22). The summed E-state index contributed by atoms with van der Waals surface area (Å²) in [6.07, 6.45) is 3.21. The largest absolute Gasteiger partial charge is 0.482 e. The molecule has 0 amide bonds. The van der Waals surface area contributed by atoms with Crippen LogP contribution < -0.4 is 16.0 Å². The molecule has 5 heteroatoms. The van der Waals surface area contributed by atoms with E-state index in [9.17, 15) is 4.79 Å². The second-order valence-corrected chi connectivity index (χ2v) is 6.14. The molecule has 0 aliphatic carbocycles. The van der Waals surface area contributed by atoms with Gasteiger partial charge < -0.3 is 15.0 Å². The smallest absolute Gasteiger partial charge is 0.250 e. The lowest BCUT2D eigenvalue weighted by Gasteiger charge is -2.17. The molecule has 3 rings (SSSR count). The van der Waals surface area contributed by atoms with Crippen LogP contribution in [0.4, 0.5) is 5.82 Å². The summed E-state index contributed by atoms with van der Waals surface area (Å²) in [5.41, 5.74) is 9.72. The lowest BCUT2D eigenvalue weighted by Crippen LogP contribution is -2.14. The van der Waals surface area contributed by atoms with Crippen molar-refractivity contribution in [3.8, 4) is 16.9 Å². The minimum atomic E-state index is -0.163. The number of nitrogens with zero attached hydrogens (tertiary/aromatic N) is 2. The zero-order valence-electron chi connectivity index (χ0n) is 14.6. The molecule has 1 atom stereocenters. The van der Waals surface area contributed by atoms with E-state index >= 15 is 0 Å². The molecule has 128 valence electrons. The fourth-order valence-corrected chi connectivity index (χ4v) is 2.53. The Morgan fingerprint density at radius 1 is 1.12 bits per heavy atom. The van der Waals surface area contributed by atoms with Crippen molar-refractivity contribution in [2.75, 3.05) is 5.73 Å². The van der Waals surface area contributed by atoms with Crippen LogP contribution in [0.25, 0.3) is 11.1 Å². The van der Waals surface area contributed by atoms with Gasteiger partial charge in [-0.15, -0.1) is 0 Å². The average molecular weight is 335 g/mol. The summed E-state index contributed by atoms with van der Waals surface area (Å²) in [6, 6.07) is 13.4. The summed E-state index contributed by atoms with van der Waals surface area (Å²) < 4.78 is 7.54. The maximum absolute atomic E-state index is 11.8. The van der Waals surface area contributed by atoms with Crippen molar-refractivity contribution < 1.29 is 4.74 Å².